The van der Waals surface area contributed by atoms with Crippen LogP contribution in [0, 0.1) is 0 Å². The maximum Gasteiger partial charge on any atom is 0.341 e. The third-order valence-corrected chi connectivity index (χ3v) is 8.67. The molecule has 0 fully saturated rings. The third-order valence-electron chi connectivity index (χ3n) is 5.89. The number of rotatable bonds is 8. The number of aryl methyl sites for hydroxylation is 1. The van der Waals surface area contributed by atoms with E-state index in [0.29, 0.717) is 22.9 Å². The summed E-state index contributed by atoms with van der Waals surface area (Å²) in [6.07, 6.45) is 7.43. The van der Waals surface area contributed by atoms with Crippen molar-refractivity contribution < 1.29 is 22.7 Å². The van der Waals surface area contributed by atoms with Gasteiger partial charge in [-0.05, 0) is 74.7 Å². The number of fused-ring (bicyclic) bond motifs is 1. The SMILES string of the molecule is CCOC(=O)c1c(NC(=S)Nc2ccc(S(=O)(=O)Nc3cc(OC)ncn3)cc2)sc2c1CCCCCC2. The zero-order chi connectivity index (χ0) is 27.1. The topological polar surface area (TPSA) is 132 Å². The summed E-state index contributed by atoms with van der Waals surface area (Å²) in [7, 11) is -2.45. The summed E-state index contributed by atoms with van der Waals surface area (Å²) in [6.45, 7) is 2.08. The number of nitrogens with zero attached hydrogens (tertiary/aromatic N) is 2. The van der Waals surface area contributed by atoms with Gasteiger partial charge in [-0.25, -0.2) is 23.2 Å². The minimum absolute atomic E-state index is 0.0437. The smallest absolute Gasteiger partial charge is 0.341 e. The van der Waals surface area contributed by atoms with E-state index in [1.807, 2.05) is 0 Å². The first-order valence-corrected chi connectivity index (χ1v) is 14.9. The fourth-order valence-electron chi connectivity index (χ4n) is 4.11. The maximum absolute atomic E-state index is 12.8. The standard InChI is InChI=1S/C25H29N5O5S3/c1-3-35-24(31)22-18-8-6-4-5-7-9-19(18)37-23(22)29-25(36)28-16-10-12-17(13-11-16)38(32,33)30-20-14-21(34-2)27-15-26-20/h10-15H,3-9H2,1-2H3,(H,26,27,30)(H2,28,29,36). The van der Waals surface area contributed by atoms with E-state index in [-0.39, 0.29) is 27.7 Å². The van der Waals surface area contributed by atoms with Crippen molar-refractivity contribution in [2.24, 2.45) is 0 Å². The van der Waals surface area contributed by atoms with Crippen LogP contribution in [-0.4, -0.2) is 43.2 Å². The zero-order valence-electron chi connectivity index (χ0n) is 21.1. The summed E-state index contributed by atoms with van der Waals surface area (Å²) in [4.78, 5) is 21.8. The highest BCUT2D eigenvalue weighted by Gasteiger charge is 2.26. The van der Waals surface area contributed by atoms with E-state index >= 15 is 0 Å². The van der Waals surface area contributed by atoms with Gasteiger partial charge in [-0.15, -0.1) is 11.3 Å². The van der Waals surface area contributed by atoms with Gasteiger partial charge in [0, 0.05) is 16.6 Å². The Morgan fingerprint density at radius 3 is 2.53 bits per heavy atom. The van der Waals surface area contributed by atoms with Crippen LogP contribution in [0.1, 0.15) is 53.4 Å². The second-order valence-corrected chi connectivity index (χ2v) is 11.7. The van der Waals surface area contributed by atoms with E-state index < -0.39 is 10.0 Å². The van der Waals surface area contributed by atoms with Gasteiger partial charge < -0.3 is 20.1 Å². The van der Waals surface area contributed by atoms with Gasteiger partial charge in [0.15, 0.2) is 5.11 Å². The van der Waals surface area contributed by atoms with Crippen molar-refractivity contribution in [1.82, 2.24) is 9.97 Å². The zero-order valence-corrected chi connectivity index (χ0v) is 23.5. The summed E-state index contributed by atoms with van der Waals surface area (Å²) in [5.74, 6) is -0.0202. The lowest BCUT2D eigenvalue weighted by Crippen LogP contribution is -2.20. The van der Waals surface area contributed by atoms with Crippen molar-refractivity contribution in [2.45, 2.75) is 50.3 Å². The molecule has 10 nitrogen and oxygen atoms in total. The van der Waals surface area contributed by atoms with E-state index in [9.17, 15) is 13.2 Å². The number of sulfonamides is 1. The third kappa shape index (κ3) is 6.77. The van der Waals surface area contributed by atoms with Crippen LogP contribution in [0.5, 0.6) is 5.88 Å². The highest BCUT2D eigenvalue weighted by atomic mass is 32.2. The molecule has 1 aromatic carbocycles. The number of benzene rings is 1. The number of carbonyl (C=O) groups is 1. The molecule has 3 aromatic rings. The van der Waals surface area contributed by atoms with Gasteiger partial charge in [-0.2, -0.15) is 0 Å². The van der Waals surface area contributed by atoms with Gasteiger partial charge in [0.05, 0.1) is 24.2 Å². The Labute approximate surface area is 231 Å². The van der Waals surface area contributed by atoms with Gasteiger partial charge in [0.2, 0.25) is 5.88 Å². The lowest BCUT2D eigenvalue weighted by molar-refractivity contribution is 0.0526. The van der Waals surface area contributed by atoms with Crippen LogP contribution in [0.3, 0.4) is 0 Å². The monoisotopic (exact) mass is 575 g/mol. The predicted molar refractivity (Wildman–Crippen MR) is 152 cm³/mol. The number of hydrogen-bond acceptors (Lipinski definition) is 9. The van der Waals surface area contributed by atoms with Crippen molar-refractivity contribution in [3.63, 3.8) is 0 Å². The molecule has 2 heterocycles. The van der Waals surface area contributed by atoms with Crippen molar-refractivity contribution in [2.75, 3.05) is 29.1 Å². The second kappa shape index (κ2) is 12.5. The van der Waals surface area contributed by atoms with Crippen molar-refractivity contribution in [1.29, 1.82) is 0 Å². The molecule has 0 bridgehead atoms. The van der Waals surface area contributed by atoms with E-state index in [1.54, 1.807) is 30.4 Å². The molecule has 38 heavy (non-hydrogen) atoms. The second-order valence-electron chi connectivity index (χ2n) is 8.50. The predicted octanol–water partition coefficient (Wildman–Crippen LogP) is 4.99. The Morgan fingerprint density at radius 1 is 1.08 bits per heavy atom. The van der Waals surface area contributed by atoms with Crippen LogP contribution in [0.4, 0.5) is 16.5 Å². The van der Waals surface area contributed by atoms with Crippen LogP contribution in [0.2, 0.25) is 0 Å². The number of ether oxygens (including phenoxy) is 2. The molecule has 1 aliphatic rings. The van der Waals surface area contributed by atoms with E-state index in [0.717, 1.165) is 37.7 Å². The number of thiophene rings is 1. The molecule has 0 amide bonds. The van der Waals surface area contributed by atoms with Crippen LogP contribution < -0.4 is 20.1 Å². The molecule has 0 saturated heterocycles. The summed E-state index contributed by atoms with van der Waals surface area (Å²) in [6, 6.07) is 7.49. The molecular formula is C25H29N5O5S3. The average Bonchev–Trinajstić information content (AvgIpc) is 3.19. The molecule has 13 heteroatoms. The minimum atomic E-state index is -3.88. The molecule has 4 rings (SSSR count). The Bertz CT molecular complexity index is 1410. The molecule has 2 aromatic heterocycles. The number of methoxy groups -OCH3 is 1. The lowest BCUT2D eigenvalue weighted by atomic mass is 9.96. The fourth-order valence-corrected chi connectivity index (χ4v) is 6.68. The molecule has 0 aliphatic heterocycles. The highest BCUT2D eigenvalue weighted by Crippen LogP contribution is 2.37. The number of thiocarbonyl (C=S) groups is 1. The number of carbonyl (C=O) groups excluding carboxylic acids is 1. The first kappa shape index (κ1) is 27.7. The average molecular weight is 576 g/mol. The van der Waals surface area contributed by atoms with Crippen LogP contribution >= 0.6 is 23.6 Å². The first-order chi connectivity index (χ1) is 18.3. The Morgan fingerprint density at radius 2 is 1.82 bits per heavy atom. The van der Waals surface area contributed by atoms with E-state index in [1.165, 1.54) is 42.9 Å². The molecule has 0 unspecified atom stereocenters. The molecule has 202 valence electrons. The molecule has 0 atom stereocenters. The van der Waals surface area contributed by atoms with Crippen LogP contribution in [0.25, 0.3) is 0 Å². The normalized spacial score (nSPS) is 13.4. The molecule has 1 aliphatic carbocycles. The number of aromatic nitrogens is 2. The highest BCUT2D eigenvalue weighted by molar-refractivity contribution is 7.92. The summed E-state index contributed by atoms with van der Waals surface area (Å²) >= 11 is 7.06. The first-order valence-electron chi connectivity index (χ1n) is 12.2. The number of esters is 1. The lowest BCUT2D eigenvalue weighted by Gasteiger charge is -2.13. The Balaban J connectivity index is 1.47. The summed E-state index contributed by atoms with van der Waals surface area (Å²) in [5.41, 5.74) is 2.20. The number of anilines is 3. The van der Waals surface area contributed by atoms with Gasteiger partial charge in [0.25, 0.3) is 10.0 Å². The van der Waals surface area contributed by atoms with Crippen LogP contribution in [-0.2, 0) is 27.6 Å². The van der Waals surface area contributed by atoms with Gasteiger partial charge in [-0.3, -0.25) is 4.72 Å². The van der Waals surface area contributed by atoms with E-state index in [2.05, 4.69) is 25.3 Å². The largest absolute Gasteiger partial charge is 0.481 e. The molecule has 0 saturated carbocycles. The minimum Gasteiger partial charge on any atom is -0.481 e. The summed E-state index contributed by atoms with van der Waals surface area (Å²) in [5, 5.41) is 7.17. The van der Waals surface area contributed by atoms with Crippen molar-refractivity contribution >= 4 is 61.2 Å². The maximum atomic E-state index is 12.8. The molecular weight excluding hydrogens is 547 g/mol. The van der Waals surface area contributed by atoms with E-state index in [4.69, 9.17) is 21.7 Å². The molecule has 0 spiro atoms. The number of hydrogen-bond donors (Lipinski definition) is 3. The van der Waals surface area contributed by atoms with Gasteiger partial charge in [0.1, 0.15) is 17.1 Å². The van der Waals surface area contributed by atoms with Gasteiger partial charge >= 0.3 is 5.97 Å². The quantitative estimate of drug-likeness (QED) is 0.249. The van der Waals surface area contributed by atoms with Crippen molar-refractivity contribution in [3.05, 3.63) is 52.7 Å². The van der Waals surface area contributed by atoms with Crippen molar-refractivity contribution in [3.8, 4) is 5.88 Å². The summed E-state index contributed by atoms with van der Waals surface area (Å²) < 4.78 is 38.3. The molecule has 3 N–H and O–H groups in total. The number of nitrogens with one attached hydrogen (secondary N) is 3. The molecule has 0 radical (unpaired) electrons. The Hall–Kier alpha value is -3.29. The Kier molecular flexibility index (Phi) is 9.13. The van der Waals surface area contributed by atoms with Crippen LogP contribution in [0.15, 0.2) is 41.6 Å². The van der Waals surface area contributed by atoms with Gasteiger partial charge in [-0.1, -0.05) is 12.8 Å². The fraction of sp³-hybridized carbons (Fsp3) is 0.360.